The van der Waals surface area contributed by atoms with E-state index in [0.717, 1.165) is 16.7 Å². The largest absolute Gasteiger partial charge is 0.348 e. The molecule has 0 aliphatic rings. The second-order valence-electron chi connectivity index (χ2n) is 6.63. The van der Waals surface area contributed by atoms with Crippen LogP contribution in [0.1, 0.15) is 32.4 Å². The first-order valence-corrected chi connectivity index (χ1v) is 8.71. The number of carbonyl (C=O) groups excluding carboxylic acids is 2. The molecule has 0 radical (unpaired) electrons. The molecule has 1 unspecified atom stereocenters. The van der Waals surface area contributed by atoms with Gasteiger partial charge in [-0.1, -0.05) is 38.1 Å². The van der Waals surface area contributed by atoms with Crippen molar-refractivity contribution in [3.05, 3.63) is 54.4 Å². The molecule has 1 heterocycles. The molecule has 0 spiro atoms. The van der Waals surface area contributed by atoms with Crippen LogP contribution in [-0.4, -0.2) is 29.4 Å². The fourth-order valence-electron chi connectivity index (χ4n) is 2.47. The molecular weight excluding hydrogens is 399 g/mol. The van der Waals surface area contributed by atoms with Crippen molar-refractivity contribution in [1.29, 1.82) is 0 Å². The monoisotopic (exact) mass is 426 g/mol. The number of carbonyl (C=O) groups is 2. The zero-order valence-corrected chi connectivity index (χ0v) is 17.8. The van der Waals surface area contributed by atoms with E-state index in [4.69, 9.17) is 5.73 Å². The van der Waals surface area contributed by atoms with Crippen molar-refractivity contribution in [2.45, 2.75) is 32.9 Å². The molecule has 4 N–H and O–H groups in total. The Kier molecular flexibility index (Phi) is 11.4. The Morgan fingerprint density at radius 3 is 2.04 bits per heavy atom. The van der Waals surface area contributed by atoms with Crippen molar-refractivity contribution in [1.82, 2.24) is 15.6 Å². The van der Waals surface area contributed by atoms with Crippen molar-refractivity contribution >= 4 is 36.6 Å². The highest BCUT2D eigenvalue weighted by molar-refractivity contribution is 5.87. The van der Waals surface area contributed by atoms with E-state index in [0.29, 0.717) is 0 Å². The summed E-state index contributed by atoms with van der Waals surface area (Å²) in [7, 11) is 0. The Morgan fingerprint density at radius 1 is 0.964 bits per heavy atom. The third-order valence-electron chi connectivity index (χ3n) is 4.25. The first-order valence-electron chi connectivity index (χ1n) is 8.71. The van der Waals surface area contributed by atoms with E-state index in [9.17, 15) is 9.59 Å². The molecule has 2 rings (SSSR count). The molecule has 1 aromatic carbocycles. The first kappa shape index (κ1) is 25.9. The summed E-state index contributed by atoms with van der Waals surface area (Å²) in [5.41, 5.74) is 8.92. The van der Waals surface area contributed by atoms with E-state index >= 15 is 0 Å². The summed E-state index contributed by atoms with van der Waals surface area (Å²) in [4.78, 5) is 27.8. The number of hydrogen-bond acceptors (Lipinski definition) is 4. The van der Waals surface area contributed by atoms with Gasteiger partial charge in [0.05, 0.1) is 18.6 Å². The molecule has 6 nitrogen and oxygen atoms in total. The van der Waals surface area contributed by atoms with Gasteiger partial charge in [-0.3, -0.25) is 14.6 Å². The SMILES string of the molecule is CC(NC(=O)CNC(=O)[C@@H](N)C(C)C)c1ccc(-c2ccncc2)cc1.Cl.Cl. The maximum absolute atomic E-state index is 12.0. The van der Waals surface area contributed by atoms with Gasteiger partial charge in [0.25, 0.3) is 0 Å². The van der Waals surface area contributed by atoms with E-state index in [1.165, 1.54) is 0 Å². The van der Waals surface area contributed by atoms with Crippen molar-refractivity contribution < 1.29 is 9.59 Å². The lowest BCUT2D eigenvalue weighted by Crippen LogP contribution is -2.47. The molecule has 2 amide bonds. The number of aromatic nitrogens is 1. The van der Waals surface area contributed by atoms with Gasteiger partial charge in [0.15, 0.2) is 0 Å². The lowest BCUT2D eigenvalue weighted by atomic mass is 10.0. The number of hydrogen-bond donors (Lipinski definition) is 3. The Bertz CT molecular complexity index is 740. The zero-order valence-electron chi connectivity index (χ0n) is 16.2. The predicted octanol–water partition coefficient (Wildman–Crippen LogP) is 2.87. The van der Waals surface area contributed by atoms with Gasteiger partial charge in [-0.25, -0.2) is 0 Å². The molecule has 2 aromatic rings. The smallest absolute Gasteiger partial charge is 0.239 e. The Balaban J connectivity index is 0.00000364. The molecule has 0 aliphatic heterocycles. The predicted molar refractivity (Wildman–Crippen MR) is 117 cm³/mol. The number of nitrogens with two attached hydrogens (primary N) is 1. The Labute approximate surface area is 178 Å². The lowest BCUT2D eigenvalue weighted by Gasteiger charge is -2.17. The van der Waals surface area contributed by atoms with Gasteiger partial charge < -0.3 is 16.4 Å². The van der Waals surface area contributed by atoms with Crippen LogP contribution in [0.3, 0.4) is 0 Å². The lowest BCUT2D eigenvalue weighted by molar-refractivity contribution is -0.127. The number of benzene rings is 1. The second kappa shape index (κ2) is 12.3. The van der Waals surface area contributed by atoms with Gasteiger partial charge in [0, 0.05) is 12.4 Å². The third-order valence-corrected chi connectivity index (χ3v) is 4.25. The van der Waals surface area contributed by atoms with E-state index in [-0.39, 0.29) is 55.1 Å². The summed E-state index contributed by atoms with van der Waals surface area (Å²) in [6.07, 6.45) is 3.51. The van der Waals surface area contributed by atoms with E-state index in [1.807, 2.05) is 57.2 Å². The number of pyridine rings is 1. The van der Waals surface area contributed by atoms with Crippen molar-refractivity contribution in [2.24, 2.45) is 11.7 Å². The van der Waals surface area contributed by atoms with Crippen LogP contribution >= 0.6 is 24.8 Å². The molecule has 0 aliphatic carbocycles. The molecule has 154 valence electrons. The number of rotatable bonds is 7. The van der Waals surface area contributed by atoms with Gasteiger partial charge in [0.2, 0.25) is 11.8 Å². The van der Waals surface area contributed by atoms with Crippen LogP contribution in [0.4, 0.5) is 0 Å². The summed E-state index contributed by atoms with van der Waals surface area (Å²) in [5, 5.41) is 5.44. The molecule has 0 saturated carbocycles. The van der Waals surface area contributed by atoms with Crippen LogP contribution in [-0.2, 0) is 9.59 Å². The Morgan fingerprint density at radius 2 is 1.50 bits per heavy atom. The van der Waals surface area contributed by atoms with Gasteiger partial charge in [0.1, 0.15) is 0 Å². The molecular formula is C20H28Cl2N4O2. The van der Waals surface area contributed by atoms with Crippen LogP contribution in [0, 0.1) is 5.92 Å². The summed E-state index contributed by atoms with van der Waals surface area (Å²) in [5.74, 6) is -0.541. The minimum Gasteiger partial charge on any atom is -0.348 e. The fraction of sp³-hybridized carbons (Fsp3) is 0.350. The maximum atomic E-state index is 12.0. The molecule has 2 atom stereocenters. The molecule has 8 heteroatoms. The van der Waals surface area contributed by atoms with Crippen LogP contribution in [0.25, 0.3) is 11.1 Å². The summed E-state index contributed by atoms with van der Waals surface area (Å²) in [6, 6.07) is 11.1. The average molecular weight is 427 g/mol. The normalized spacial score (nSPS) is 12.2. The van der Waals surface area contributed by atoms with E-state index in [1.54, 1.807) is 12.4 Å². The number of nitrogens with one attached hydrogen (secondary N) is 2. The second-order valence-corrected chi connectivity index (χ2v) is 6.63. The van der Waals surface area contributed by atoms with Crippen LogP contribution < -0.4 is 16.4 Å². The van der Waals surface area contributed by atoms with Crippen molar-refractivity contribution in [2.75, 3.05) is 6.54 Å². The maximum Gasteiger partial charge on any atom is 0.239 e. The first-order chi connectivity index (χ1) is 12.4. The van der Waals surface area contributed by atoms with Crippen LogP contribution in [0.5, 0.6) is 0 Å². The standard InChI is InChI=1S/C20H26N4O2.2ClH/c1-13(2)19(21)20(26)23-12-18(25)24-14(3)15-4-6-16(7-5-15)17-8-10-22-11-9-17;;/h4-11,13-14,19H,12,21H2,1-3H3,(H,23,26)(H,24,25);2*1H/t14?,19-;;/m0../s1. The highest BCUT2D eigenvalue weighted by Crippen LogP contribution is 2.21. The number of halogens is 2. The topological polar surface area (TPSA) is 97.1 Å². The van der Waals surface area contributed by atoms with Gasteiger partial charge in [-0.2, -0.15) is 0 Å². The molecule has 28 heavy (non-hydrogen) atoms. The van der Waals surface area contributed by atoms with Crippen LogP contribution in [0.2, 0.25) is 0 Å². The summed E-state index contributed by atoms with van der Waals surface area (Å²) < 4.78 is 0. The molecule has 0 fully saturated rings. The molecule has 1 aromatic heterocycles. The van der Waals surface area contributed by atoms with Crippen molar-refractivity contribution in [3.8, 4) is 11.1 Å². The summed E-state index contributed by atoms with van der Waals surface area (Å²) >= 11 is 0. The quantitative estimate of drug-likeness (QED) is 0.633. The minimum absolute atomic E-state index is 0. The van der Waals surface area contributed by atoms with E-state index < -0.39 is 6.04 Å². The number of nitrogens with zero attached hydrogens (tertiary/aromatic N) is 1. The van der Waals surface area contributed by atoms with E-state index in [2.05, 4.69) is 15.6 Å². The molecule has 0 bridgehead atoms. The average Bonchev–Trinajstić information content (AvgIpc) is 2.66. The summed E-state index contributed by atoms with van der Waals surface area (Å²) in [6.45, 7) is 5.55. The highest BCUT2D eigenvalue weighted by atomic mass is 35.5. The van der Waals surface area contributed by atoms with Gasteiger partial charge in [-0.05, 0) is 41.7 Å². The Hall–Kier alpha value is -2.15. The minimum atomic E-state index is -0.610. The zero-order chi connectivity index (χ0) is 19.1. The highest BCUT2D eigenvalue weighted by Gasteiger charge is 2.18. The third kappa shape index (κ3) is 7.46. The van der Waals surface area contributed by atoms with Gasteiger partial charge >= 0.3 is 0 Å². The van der Waals surface area contributed by atoms with Crippen LogP contribution in [0.15, 0.2) is 48.8 Å². The molecule has 0 saturated heterocycles. The number of amides is 2. The van der Waals surface area contributed by atoms with Crippen molar-refractivity contribution in [3.63, 3.8) is 0 Å². The fourth-order valence-corrected chi connectivity index (χ4v) is 2.47. The van der Waals surface area contributed by atoms with Gasteiger partial charge in [-0.15, -0.1) is 24.8 Å².